The highest BCUT2D eigenvalue weighted by atomic mass is 32.2. The number of carbonyl (C=O) groups is 1. The summed E-state index contributed by atoms with van der Waals surface area (Å²) >= 11 is 1.61. The van der Waals surface area contributed by atoms with Gasteiger partial charge in [0.25, 0.3) is 0 Å². The number of thioether (sulfide) groups is 1. The largest absolute Gasteiger partial charge is 0.426 e. The normalized spacial score (nSPS) is 9.70. The molecule has 0 aliphatic carbocycles. The lowest BCUT2D eigenvalue weighted by Gasteiger charge is -2.06. The number of unbranched alkanes of at least 4 members (excludes halogenated alkanes) is 4. The minimum absolute atomic E-state index is 0.292. The molecule has 0 spiro atoms. The van der Waals surface area contributed by atoms with Crippen LogP contribution >= 0.6 is 11.8 Å². The van der Waals surface area contributed by atoms with Crippen LogP contribution in [0, 0.1) is 11.8 Å². The molecule has 20 heavy (non-hydrogen) atoms. The van der Waals surface area contributed by atoms with E-state index in [4.69, 9.17) is 4.74 Å². The van der Waals surface area contributed by atoms with Crippen molar-refractivity contribution in [2.24, 2.45) is 0 Å². The minimum atomic E-state index is -0.292. The van der Waals surface area contributed by atoms with Crippen LogP contribution in [-0.2, 0) is 4.79 Å². The van der Waals surface area contributed by atoms with Gasteiger partial charge in [-0.05, 0) is 18.6 Å². The molecule has 0 aliphatic heterocycles. The third kappa shape index (κ3) is 7.25. The average Bonchev–Trinajstić information content (AvgIpc) is 2.43. The highest BCUT2D eigenvalue weighted by Crippen LogP contribution is 2.28. The summed E-state index contributed by atoms with van der Waals surface area (Å²) in [4.78, 5) is 12.0. The van der Waals surface area contributed by atoms with Crippen molar-refractivity contribution < 1.29 is 9.53 Å². The molecule has 0 bridgehead atoms. The Kier molecular flexibility index (Phi) is 8.66. The summed E-state index contributed by atoms with van der Waals surface area (Å²) in [5.74, 6) is 7.42. The molecule has 0 saturated carbocycles. The van der Waals surface area contributed by atoms with Gasteiger partial charge in [-0.1, -0.05) is 44.2 Å². The zero-order valence-electron chi connectivity index (χ0n) is 12.3. The Morgan fingerprint density at radius 3 is 2.75 bits per heavy atom. The van der Waals surface area contributed by atoms with Gasteiger partial charge in [-0.15, -0.1) is 17.7 Å². The maximum Gasteiger partial charge on any atom is 0.308 e. The first-order valence-electron chi connectivity index (χ1n) is 7.10. The molecule has 2 nitrogen and oxygen atoms in total. The average molecular weight is 290 g/mol. The van der Waals surface area contributed by atoms with Crippen LogP contribution in [0.4, 0.5) is 0 Å². The van der Waals surface area contributed by atoms with E-state index in [1.54, 1.807) is 11.8 Å². The van der Waals surface area contributed by atoms with E-state index in [1.807, 2.05) is 24.3 Å². The first-order chi connectivity index (χ1) is 9.74. The fourth-order valence-corrected chi connectivity index (χ4v) is 2.46. The van der Waals surface area contributed by atoms with E-state index in [-0.39, 0.29) is 5.97 Å². The van der Waals surface area contributed by atoms with E-state index in [0.29, 0.717) is 5.75 Å². The van der Waals surface area contributed by atoms with Gasteiger partial charge >= 0.3 is 5.97 Å². The first-order valence-corrected chi connectivity index (χ1v) is 8.08. The number of esters is 1. The van der Waals surface area contributed by atoms with Gasteiger partial charge in [0.05, 0.1) is 10.6 Å². The third-order valence-corrected chi connectivity index (χ3v) is 3.62. The quantitative estimate of drug-likeness (QED) is 0.240. The Bertz CT molecular complexity index is 471. The summed E-state index contributed by atoms with van der Waals surface area (Å²) in [6.45, 7) is 3.63. The van der Waals surface area contributed by atoms with Crippen LogP contribution in [0.15, 0.2) is 29.2 Å². The summed E-state index contributed by atoms with van der Waals surface area (Å²) in [5, 5.41) is 0. The Morgan fingerprint density at radius 1 is 1.20 bits per heavy atom. The van der Waals surface area contributed by atoms with Gasteiger partial charge in [-0.2, -0.15) is 0 Å². The number of hydrogen-bond acceptors (Lipinski definition) is 3. The van der Waals surface area contributed by atoms with Crippen LogP contribution in [0.3, 0.4) is 0 Å². The van der Waals surface area contributed by atoms with E-state index in [2.05, 4.69) is 18.8 Å². The molecular formula is C17H22O2S. The molecule has 1 aromatic carbocycles. The Hall–Kier alpha value is -1.40. The molecule has 0 saturated heterocycles. The highest BCUT2D eigenvalue weighted by molar-refractivity contribution is 7.99. The van der Waals surface area contributed by atoms with Crippen LogP contribution in [-0.4, -0.2) is 11.7 Å². The fourth-order valence-electron chi connectivity index (χ4n) is 1.70. The second-order valence-electron chi connectivity index (χ2n) is 4.49. The van der Waals surface area contributed by atoms with Gasteiger partial charge in [0.1, 0.15) is 5.75 Å². The summed E-state index contributed by atoms with van der Waals surface area (Å²) in [6.07, 6.45) is 6.00. The van der Waals surface area contributed by atoms with Crippen LogP contribution in [0.25, 0.3) is 0 Å². The van der Waals surface area contributed by atoms with Crippen molar-refractivity contribution in [1.82, 2.24) is 0 Å². The number of rotatable bonds is 7. The van der Waals surface area contributed by atoms with Gasteiger partial charge in [-0.3, -0.25) is 4.79 Å². The van der Waals surface area contributed by atoms with Crippen molar-refractivity contribution in [2.45, 2.75) is 50.8 Å². The van der Waals surface area contributed by atoms with Gasteiger partial charge in [-0.25, -0.2) is 0 Å². The van der Waals surface area contributed by atoms with Crippen LogP contribution in [0.1, 0.15) is 46.0 Å². The van der Waals surface area contributed by atoms with Gasteiger partial charge in [0.15, 0.2) is 0 Å². The summed E-state index contributed by atoms with van der Waals surface area (Å²) in [7, 11) is 0. The Balaban J connectivity index is 2.35. The molecule has 108 valence electrons. The molecule has 1 aromatic rings. The number of benzene rings is 1. The van der Waals surface area contributed by atoms with Crippen molar-refractivity contribution in [1.29, 1.82) is 0 Å². The fraction of sp³-hybridized carbons (Fsp3) is 0.471. The highest BCUT2D eigenvalue weighted by Gasteiger charge is 2.04. The van der Waals surface area contributed by atoms with Crippen LogP contribution < -0.4 is 4.74 Å². The van der Waals surface area contributed by atoms with E-state index >= 15 is 0 Å². The van der Waals surface area contributed by atoms with Gasteiger partial charge < -0.3 is 4.74 Å². The topological polar surface area (TPSA) is 26.3 Å². The van der Waals surface area contributed by atoms with Crippen molar-refractivity contribution in [2.75, 3.05) is 5.75 Å². The molecule has 0 aromatic heterocycles. The standard InChI is InChI=1S/C17H22O2S/c1-3-4-5-6-7-8-11-14-20-17-13-10-9-12-16(17)19-15(2)18/h9-10,12-13H,3-7,14H2,1-2H3. The van der Waals surface area contributed by atoms with Gasteiger partial charge in [0, 0.05) is 13.3 Å². The van der Waals surface area contributed by atoms with Crippen molar-refractivity contribution in [3.63, 3.8) is 0 Å². The molecule has 0 fully saturated rings. The number of para-hydroxylation sites is 1. The van der Waals surface area contributed by atoms with Crippen molar-refractivity contribution in [3.05, 3.63) is 24.3 Å². The number of carbonyl (C=O) groups excluding carboxylic acids is 1. The lowest BCUT2D eigenvalue weighted by atomic mass is 10.2. The molecule has 0 N–H and O–H groups in total. The second kappa shape index (κ2) is 10.4. The lowest BCUT2D eigenvalue weighted by Crippen LogP contribution is -2.02. The monoisotopic (exact) mass is 290 g/mol. The number of hydrogen-bond donors (Lipinski definition) is 0. The molecule has 0 aliphatic rings. The zero-order valence-corrected chi connectivity index (χ0v) is 13.1. The molecular weight excluding hydrogens is 268 g/mol. The van der Waals surface area contributed by atoms with Crippen LogP contribution in [0.5, 0.6) is 5.75 Å². The first kappa shape index (κ1) is 16.7. The van der Waals surface area contributed by atoms with Crippen molar-refractivity contribution >= 4 is 17.7 Å². The molecule has 0 atom stereocenters. The number of ether oxygens (including phenoxy) is 1. The Labute approximate surface area is 126 Å². The molecule has 0 amide bonds. The van der Waals surface area contributed by atoms with E-state index in [9.17, 15) is 4.79 Å². The van der Waals surface area contributed by atoms with E-state index in [0.717, 1.165) is 17.1 Å². The molecule has 0 radical (unpaired) electrons. The van der Waals surface area contributed by atoms with E-state index in [1.165, 1.54) is 32.6 Å². The van der Waals surface area contributed by atoms with Gasteiger partial charge in [0.2, 0.25) is 0 Å². The van der Waals surface area contributed by atoms with Crippen LogP contribution in [0.2, 0.25) is 0 Å². The maximum absolute atomic E-state index is 11.0. The summed E-state index contributed by atoms with van der Waals surface area (Å²) in [6, 6.07) is 7.56. The predicted octanol–water partition coefficient (Wildman–Crippen LogP) is 4.68. The molecule has 0 unspecified atom stereocenters. The SMILES string of the molecule is CCCCCCC#CCSc1ccccc1OC(C)=O. The third-order valence-electron chi connectivity index (χ3n) is 2.68. The smallest absolute Gasteiger partial charge is 0.308 e. The second-order valence-corrected chi connectivity index (χ2v) is 5.51. The predicted molar refractivity (Wildman–Crippen MR) is 85.0 cm³/mol. The molecule has 0 heterocycles. The Morgan fingerprint density at radius 2 is 2.00 bits per heavy atom. The summed E-state index contributed by atoms with van der Waals surface area (Å²) in [5.41, 5.74) is 0. The molecule has 1 rings (SSSR count). The minimum Gasteiger partial charge on any atom is -0.426 e. The van der Waals surface area contributed by atoms with E-state index < -0.39 is 0 Å². The zero-order chi connectivity index (χ0) is 14.6. The molecule has 3 heteroatoms. The lowest BCUT2D eigenvalue weighted by molar-refractivity contribution is -0.132. The van der Waals surface area contributed by atoms with Crippen molar-refractivity contribution in [3.8, 4) is 17.6 Å². The summed E-state index contributed by atoms with van der Waals surface area (Å²) < 4.78 is 5.16. The maximum atomic E-state index is 11.0.